The van der Waals surface area contributed by atoms with Gasteiger partial charge in [-0.3, -0.25) is 4.98 Å². The van der Waals surface area contributed by atoms with E-state index >= 15 is 0 Å². The van der Waals surface area contributed by atoms with E-state index in [0.29, 0.717) is 0 Å². The molecular weight excluding hydrogens is 348 g/mol. The minimum atomic E-state index is 0.175. The third-order valence-electron chi connectivity index (χ3n) is 3.44. The van der Waals surface area contributed by atoms with Crippen molar-refractivity contribution in [3.05, 3.63) is 69.8 Å². The van der Waals surface area contributed by atoms with Crippen LogP contribution < -0.4 is 5.32 Å². The Bertz CT molecular complexity index is 789. The number of nitrogens with one attached hydrogen (secondary N) is 1. The Morgan fingerprint density at radius 3 is 2.81 bits per heavy atom. The number of anilines is 1. The van der Waals surface area contributed by atoms with Crippen molar-refractivity contribution in [2.24, 2.45) is 0 Å². The van der Waals surface area contributed by atoms with Gasteiger partial charge in [-0.15, -0.1) is 0 Å². The normalized spacial score (nSPS) is 12.3. The molecule has 0 saturated heterocycles. The molecule has 1 N–H and O–H groups in total. The summed E-state index contributed by atoms with van der Waals surface area (Å²) in [5.41, 5.74) is 3.10. The second-order valence-electron chi connectivity index (χ2n) is 4.92. The monoisotopic (exact) mass is 360 g/mol. The van der Waals surface area contributed by atoms with Gasteiger partial charge in [0, 0.05) is 22.1 Å². The number of hydrogen-bond acceptors (Lipinski definition) is 2. The van der Waals surface area contributed by atoms with Crippen LogP contribution in [-0.2, 0) is 0 Å². The molecule has 1 aromatic heterocycles. The third-order valence-corrected chi connectivity index (χ3v) is 4.26. The van der Waals surface area contributed by atoms with E-state index in [0.717, 1.165) is 26.1 Å². The van der Waals surface area contributed by atoms with Gasteiger partial charge in [-0.2, -0.15) is 0 Å². The molecule has 2 aromatic carbocycles. The molecular formula is C17H14BrClN2. The Morgan fingerprint density at radius 2 is 2.00 bits per heavy atom. The summed E-state index contributed by atoms with van der Waals surface area (Å²) < 4.78 is 1.08. The Kier molecular flexibility index (Phi) is 4.13. The maximum atomic E-state index is 6.23. The van der Waals surface area contributed by atoms with Crippen LogP contribution in [0.3, 0.4) is 0 Å². The van der Waals surface area contributed by atoms with Crippen LogP contribution >= 0.6 is 27.5 Å². The largest absolute Gasteiger partial charge is 0.377 e. The van der Waals surface area contributed by atoms with E-state index in [1.54, 1.807) is 6.20 Å². The van der Waals surface area contributed by atoms with Gasteiger partial charge in [0.25, 0.3) is 0 Å². The van der Waals surface area contributed by atoms with Gasteiger partial charge in [-0.1, -0.05) is 39.7 Å². The van der Waals surface area contributed by atoms with Crippen LogP contribution in [0.1, 0.15) is 18.5 Å². The van der Waals surface area contributed by atoms with Gasteiger partial charge < -0.3 is 5.32 Å². The van der Waals surface area contributed by atoms with E-state index in [1.165, 1.54) is 5.56 Å². The van der Waals surface area contributed by atoms with E-state index in [1.807, 2.05) is 36.4 Å². The average Bonchev–Trinajstić information content (AvgIpc) is 2.50. The fourth-order valence-electron chi connectivity index (χ4n) is 2.35. The molecule has 3 aromatic rings. The summed E-state index contributed by atoms with van der Waals surface area (Å²) in [4.78, 5) is 4.45. The summed E-state index contributed by atoms with van der Waals surface area (Å²) in [5, 5.41) is 5.20. The fourth-order valence-corrected chi connectivity index (χ4v) is 2.98. The minimum Gasteiger partial charge on any atom is -0.377 e. The van der Waals surface area contributed by atoms with E-state index < -0.39 is 0 Å². The molecule has 0 amide bonds. The van der Waals surface area contributed by atoms with E-state index in [4.69, 9.17) is 11.6 Å². The first kappa shape index (κ1) is 14.4. The highest BCUT2D eigenvalue weighted by Gasteiger charge is 2.10. The summed E-state index contributed by atoms with van der Waals surface area (Å²) in [7, 11) is 0. The lowest BCUT2D eigenvalue weighted by molar-refractivity contribution is 0.885. The molecule has 1 heterocycles. The average molecular weight is 362 g/mol. The standard InChI is InChI=1S/C17H14BrClN2/c1-11(12-4-2-5-13(18)10-12)21-16-8-7-15(19)14-6-3-9-20-17(14)16/h2-11,21H,1H3. The van der Waals surface area contributed by atoms with Crippen molar-refractivity contribution in [1.82, 2.24) is 4.98 Å². The van der Waals surface area contributed by atoms with Crippen LogP contribution in [0.2, 0.25) is 5.02 Å². The topological polar surface area (TPSA) is 24.9 Å². The zero-order chi connectivity index (χ0) is 14.8. The molecule has 21 heavy (non-hydrogen) atoms. The predicted octanol–water partition coefficient (Wildman–Crippen LogP) is 5.82. The molecule has 0 radical (unpaired) electrons. The first-order chi connectivity index (χ1) is 10.1. The zero-order valence-corrected chi connectivity index (χ0v) is 13.8. The second kappa shape index (κ2) is 6.04. The van der Waals surface area contributed by atoms with E-state index in [9.17, 15) is 0 Å². The number of fused-ring (bicyclic) bond motifs is 1. The van der Waals surface area contributed by atoms with Gasteiger partial charge in [-0.25, -0.2) is 0 Å². The van der Waals surface area contributed by atoms with Crippen LogP contribution in [0.5, 0.6) is 0 Å². The lowest BCUT2D eigenvalue weighted by atomic mass is 10.1. The minimum absolute atomic E-state index is 0.175. The van der Waals surface area contributed by atoms with Crippen molar-refractivity contribution in [3.63, 3.8) is 0 Å². The van der Waals surface area contributed by atoms with Gasteiger partial charge >= 0.3 is 0 Å². The van der Waals surface area contributed by atoms with Crippen molar-refractivity contribution in [2.45, 2.75) is 13.0 Å². The molecule has 3 rings (SSSR count). The molecule has 0 aliphatic heterocycles. The molecule has 0 bridgehead atoms. The van der Waals surface area contributed by atoms with Gasteiger partial charge in [0.15, 0.2) is 0 Å². The molecule has 0 fully saturated rings. The van der Waals surface area contributed by atoms with Crippen LogP contribution in [0.4, 0.5) is 5.69 Å². The number of rotatable bonds is 3. The number of aromatic nitrogens is 1. The van der Waals surface area contributed by atoms with E-state index in [2.05, 4.69) is 45.3 Å². The summed E-state index contributed by atoms with van der Waals surface area (Å²) in [6.07, 6.45) is 1.79. The first-order valence-electron chi connectivity index (χ1n) is 6.70. The quantitative estimate of drug-likeness (QED) is 0.635. The number of halogens is 2. The van der Waals surface area contributed by atoms with Gasteiger partial charge in [0.1, 0.15) is 0 Å². The number of nitrogens with zero attached hydrogens (tertiary/aromatic N) is 1. The molecule has 106 valence electrons. The fraction of sp³-hybridized carbons (Fsp3) is 0.118. The molecule has 2 nitrogen and oxygen atoms in total. The molecule has 0 spiro atoms. The lowest BCUT2D eigenvalue weighted by Crippen LogP contribution is -2.07. The summed E-state index contributed by atoms with van der Waals surface area (Å²) in [6, 6.07) is 16.2. The van der Waals surface area contributed by atoms with Gasteiger partial charge in [0.05, 0.1) is 16.2 Å². The molecule has 1 unspecified atom stereocenters. The highest BCUT2D eigenvalue weighted by atomic mass is 79.9. The molecule has 0 aliphatic rings. The van der Waals surface area contributed by atoms with Crippen molar-refractivity contribution in [1.29, 1.82) is 0 Å². The maximum Gasteiger partial charge on any atom is 0.0948 e. The first-order valence-corrected chi connectivity index (χ1v) is 7.87. The smallest absolute Gasteiger partial charge is 0.0948 e. The SMILES string of the molecule is CC(Nc1ccc(Cl)c2cccnc12)c1cccc(Br)c1. The Balaban J connectivity index is 1.97. The molecule has 0 saturated carbocycles. The van der Waals surface area contributed by atoms with E-state index in [-0.39, 0.29) is 6.04 Å². The number of pyridine rings is 1. The highest BCUT2D eigenvalue weighted by molar-refractivity contribution is 9.10. The molecule has 4 heteroatoms. The van der Waals surface area contributed by atoms with Gasteiger partial charge in [0.2, 0.25) is 0 Å². The van der Waals surface area contributed by atoms with Crippen LogP contribution in [0.15, 0.2) is 59.2 Å². The maximum absolute atomic E-state index is 6.23. The van der Waals surface area contributed by atoms with Crippen LogP contribution in [0, 0.1) is 0 Å². The Labute approximate surface area is 137 Å². The Morgan fingerprint density at radius 1 is 1.14 bits per heavy atom. The third kappa shape index (κ3) is 3.04. The second-order valence-corrected chi connectivity index (χ2v) is 6.24. The van der Waals surface area contributed by atoms with Crippen LogP contribution in [0.25, 0.3) is 10.9 Å². The van der Waals surface area contributed by atoms with Crippen LogP contribution in [-0.4, -0.2) is 4.98 Å². The Hall–Kier alpha value is -1.58. The molecule has 0 aliphatic carbocycles. The zero-order valence-electron chi connectivity index (χ0n) is 11.5. The molecule has 1 atom stereocenters. The van der Waals surface area contributed by atoms with Crippen molar-refractivity contribution < 1.29 is 0 Å². The lowest BCUT2D eigenvalue weighted by Gasteiger charge is -2.17. The predicted molar refractivity (Wildman–Crippen MR) is 92.9 cm³/mol. The summed E-state index contributed by atoms with van der Waals surface area (Å²) >= 11 is 9.74. The number of hydrogen-bond donors (Lipinski definition) is 1. The summed E-state index contributed by atoms with van der Waals surface area (Å²) in [5.74, 6) is 0. The number of benzene rings is 2. The van der Waals surface area contributed by atoms with Crippen molar-refractivity contribution in [3.8, 4) is 0 Å². The van der Waals surface area contributed by atoms with Crippen molar-refractivity contribution >= 4 is 44.1 Å². The summed E-state index contributed by atoms with van der Waals surface area (Å²) in [6.45, 7) is 2.13. The van der Waals surface area contributed by atoms with Crippen molar-refractivity contribution in [2.75, 3.05) is 5.32 Å². The highest BCUT2D eigenvalue weighted by Crippen LogP contribution is 2.30. The van der Waals surface area contributed by atoms with Gasteiger partial charge in [-0.05, 0) is 48.9 Å².